The minimum Gasteiger partial charge on any atom is -0.452 e. The van der Waals surface area contributed by atoms with Gasteiger partial charge in [-0.2, -0.15) is 0 Å². The summed E-state index contributed by atoms with van der Waals surface area (Å²) < 4.78 is 5.13. The maximum absolute atomic E-state index is 12.8. The molecule has 26 heavy (non-hydrogen) atoms. The Bertz CT molecular complexity index is 762. The van der Waals surface area contributed by atoms with Crippen molar-refractivity contribution >= 4 is 29.2 Å². The Labute approximate surface area is 153 Å². The van der Waals surface area contributed by atoms with Crippen molar-refractivity contribution in [3.63, 3.8) is 0 Å². The maximum Gasteiger partial charge on any atom is 0.303 e. The van der Waals surface area contributed by atoms with Crippen LogP contribution in [0.3, 0.4) is 0 Å². The Morgan fingerprint density at radius 3 is 1.77 bits per heavy atom. The summed E-state index contributed by atoms with van der Waals surface area (Å²) in [7, 11) is 3.20. The van der Waals surface area contributed by atoms with Crippen LogP contribution in [0.1, 0.15) is 13.3 Å². The van der Waals surface area contributed by atoms with Gasteiger partial charge < -0.3 is 14.5 Å². The molecule has 2 aromatic carbocycles. The molecule has 0 fully saturated rings. The van der Waals surface area contributed by atoms with E-state index in [0.29, 0.717) is 11.4 Å². The molecule has 2 aromatic rings. The van der Waals surface area contributed by atoms with Crippen LogP contribution in [-0.2, 0) is 19.1 Å². The van der Waals surface area contributed by atoms with E-state index in [-0.39, 0.29) is 12.3 Å². The number of hydrogen-bond acceptors (Lipinski definition) is 4. The van der Waals surface area contributed by atoms with E-state index in [1.54, 1.807) is 50.5 Å². The average molecular weight is 354 g/mol. The predicted molar refractivity (Wildman–Crippen MR) is 99.9 cm³/mol. The zero-order valence-electron chi connectivity index (χ0n) is 15.1. The molecule has 0 N–H and O–H groups in total. The summed E-state index contributed by atoms with van der Waals surface area (Å²) in [6, 6.07) is 18.0. The van der Waals surface area contributed by atoms with E-state index in [0.717, 1.165) is 0 Å². The van der Waals surface area contributed by atoms with E-state index in [2.05, 4.69) is 0 Å². The van der Waals surface area contributed by atoms with E-state index < -0.39 is 18.0 Å². The molecule has 0 spiro atoms. The van der Waals surface area contributed by atoms with Gasteiger partial charge in [-0.25, -0.2) is 0 Å². The summed E-state index contributed by atoms with van der Waals surface area (Å²) in [4.78, 5) is 39.6. The molecule has 0 aliphatic heterocycles. The molecule has 2 rings (SSSR count). The van der Waals surface area contributed by atoms with E-state index in [4.69, 9.17) is 4.74 Å². The third-order valence-corrected chi connectivity index (χ3v) is 3.94. The number of amides is 2. The number of benzene rings is 2. The number of hydrogen-bond donors (Lipinski definition) is 0. The molecule has 0 heterocycles. The van der Waals surface area contributed by atoms with Crippen molar-refractivity contribution in [2.75, 3.05) is 23.9 Å². The Kier molecular flexibility index (Phi) is 6.49. The molecule has 6 heteroatoms. The highest BCUT2D eigenvalue weighted by Crippen LogP contribution is 2.17. The number of carbonyl (C=O) groups excluding carboxylic acids is 3. The predicted octanol–water partition coefficient (Wildman–Crippen LogP) is 2.63. The molecule has 2 amide bonds. The molecular weight excluding hydrogens is 332 g/mol. The molecule has 0 radical (unpaired) electrons. The van der Waals surface area contributed by atoms with Crippen molar-refractivity contribution in [2.24, 2.45) is 0 Å². The Hall–Kier alpha value is -3.15. The second-order valence-corrected chi connectivity index (χ2v) is 5.82. The van der Waals surface area contributed by atoms with Gasteiger partial charge in [0.1, 0.15) is 0 Å². The van der Waals surface area contributed by atoms with Gasteiger partial charge in [-0.1, -0.05) is 36.4 Å². The summed E-state index contributed by atoms with van der Waals surface area (Å²) in [5, 5.41) is 0. The lowest BCUT2D eigenvalue weighted by molar-refractivity contribution is -0.154. The highest BCUT2D eigenvalue weighted by atomic mass is 16.5. The maximum atomic E-state index is 12.8. The number of para-hydroxylation sites is 2. The van der Waals surface area contributed by atoms with Gasteiger partial charge in [0.2, 0.25) is 5.91 Å². The minimum atomic E-state index is -1.18. The van der Waals surface area contributed by atoms with Crippen LogP contribution in [-0.4, -0.2) is 38.0 Å². The quantitative estimate of drug-likeness (QED) is 0.748. The highest BCUT2D eigenvalue weighted by molar-refractivity contribution is 6.02. The van der Waals surface area contributed by atoms with Crippen LogP contribution in [0.25, 0.3) is 0 Å². The molecule has 136 valence electrons. The smallest absolute Gasteiger partial charge is 0.303 e. The van der Waals surface area contributed by atoms with Crippen LogP contribution in [0.2, 0.25) is 0 Å². The Morgan fingerprint density at radius 1 is 0.846 bits per heavy atom. The first-order valence-electron chi connectivity index (χ1n) is 8.21. The second kappa shape index (κ2) is 8.80. The monoisotopic (exact) mass is 354 g/mol. The fourth-order valence-electron chi connectivity index (χ4n) is 2.47. The molecule has 6 nitrogen and oxygen atoms in total. The summed E-state index contributed by atoms with van der Waals surface area (Å²) in [5.74, 6) is -1.39. The lowest BCUT2D eigenvalue weighted by Gasteiger charge is -2.25. The molecule has 0 bridgehead atoms. The highest BCUT2D eigenvalue weighted by Gasteiger charge is 2.29. The summed E-state index contributed by atoms with van der Waals surface area (Å²) in [5.41, 5.74) is 1.35. The molecule has 0 unspecified atom stereocenters. The van der Waals surface area contributed by atoms with Gasteiger partial charge >= 0.3 is 5.97 Å². The van der Waals surface area contributed by atoms with Crippen molar-refractivity contribution in [3.05, 3.63) is 60.7 Å². The molecule has 0 aliphatic rings. The number of likely N-dealkylation sites (N-methyl/N-ethyl adjacent to an activating group) is 1. The molecule has 0 aliphatic carbocycles. The number of ether oxygens (including phenoxy) is 1. The normalized spacial score (nSPS) is 11.3. The van der Waals surface area contributed by atoms with Gasteiger partial charge in [0, 0.05) is 32.4 Å². The summed E-state index contributed by atoms with van der Waals surface area (Å²) >= 11 is 0. The number of carbonyl (C=O) groups is 3. The average Bonchev–Trinajstić information content (AvgIpc) is 2.66. The number of anilines is 2. The first-order valence-corrected chi connectivity index (χ1v) is 8.21. The molecule has 0 saturated heterocycles. The van der Waals surface area contributed by atoms with Gasteiger partial charge in [0.15, 0.2) is 6.10 Å². The number of nitrogens with zero attached hydrogens (tertiary/aromatic N) is 2. The van der Waals surface area contributed by atoms with Crippen LogP contribution in [0.4, 0.5) is 11.4 Å². The molecule has 1 atom stereocenters. The van der Waals surface area contributed by atoms with Crippen molar-refractivity contribution < 1.29 is 19.1 Å². The minimum absolute atomic E-state index is 0.235. The van der Waals surface area contributed by atoms with Gasteiger partial charge in [-0.3, -0.25) is 14.4 Å². The van der Waals surface area contributed by atoms with E-state index in [1.807, 2.05) is 24.3 Å². The molecule has 0 aromatic heterocycles. The van der Waals surface area contributed by atoms with Gasteiger partial charge in [0.05, 0.1) is 6.42 Å². The van der Waals surface area contributed by atoms with Crippen LogP contribution < -0.4 is 9.80 Å². The van der Waals surface area contributed by atoms with E-state index in [1.165, 1.54) is 16.7 Å². The standard InChI is InChI=1S/C20H22N2O4/c1-15(23)26-18(20(25)22(3)17-12-8-5-9-13-17)14-19(24)21(2)16-10-6-4-7-11-16/h4-13,18H,14H2,1-3H3/t18-/m0/s1. The van der Waals surface area contributed by atoms with Crippen LogP contribution >= 0.6 is 0 Å². The van der Waals surface area contributed by atoms with Gasteiger partial charge in [0.25, 0.3) is 5.91 Å². The third kappa shape index (κ3) is 4.92. The number of esters is 1. The van der Waals surface area contributed by atoms with Crippen LogP contribution in [0.15, 0.2) is 60.7 Å². The lowest BCUT2D eigenvalue weighted by Crippen LogP contribution is -2.42. The number of rotatable bonds is 6. The van der Waals surface area contributed by atoms with Crippen LogP contribution in [0, 0.1) is 0 Å². The van der Waals surface area contributed by atoms with Crippen LogP contribution in [0.5, 0.6) is 0 Å². The Balaban J connectivity index is 2.15. The van der Waals surface area contributed by atoms with E-state index in [9.17, 15) is 14.4 Å². The lowest BCUT2D eigenvalue weighted by atomic mass is 10.1. The van der Waals surface area contributed by atoms with Crippen molar-refractivity contribution in [1.29, 1.82) is 0 Å². The van der Waals surface area contributed by atoms with Gasteiger partial charge in [-0.05, 0) is 24.3 Å². The zero-order chi connectivity index (χ0) is 19.1. The SMILES string of the molecule is CC(=O)O[C@@H](CC(=O)N(C)c1ccccc1)C(=O)N(C)c1ccccc1. The Morgan fingerprint density at radius 2 is 1.31 bits per heavy atom. The van der Waals surface area contributed by atoms with Gasteiger partial charge in [-0.15, -0.1) is 0 Å². The largest absolute Gasteiger partial charge is 0.452 e. The fraction of sp³-hybridized carbons (Fsp3) is 0.250. The van der Waals surface area contributed by atoms with Crippen molar-refractivity contribution in [3.8, 4) is 0 Å². The third-order valence-electron chi connectivity index (χ3n) is 3.94. The van der Waals surface area contributed by atoms with Crippen molar-refractivity contribution in [1.82, 2.24) is 0 Å². The topological polar surface area (TPSA) is 66.9 Å². The second-order valence-electron chi connectivity index (χ2n) is 5.82. The van der Waals surface area contributed by atoms with E-state index >= 15 is 0 Å². The fourth-order valence-corrected chi connectivity index (χ4v) is 2.47. The zero-order valence-corrected chi connectivity index (χ0v) is 15.1. The van der Waals surface area contributed by atoms with Crippen molar-refractivity contribution in [2.45, 2.75) is 19.4 Å². The molecule has 0 saturated carbocycles. The first kappa shape index (κ1) is 19.2. The first-order chi connectivity index (χ1) is 12.4. The summed E-state index contributed by atoms with van der Waals surface area (Å²) in [6.45, 7) is 1.22. The summed E-state index contributed by atoms with van der Waals surface area (Å²) in [6.07, 6.45) is -1.42. The molecular formula is C20H22N2O4.